The van der Waals surface area contributed by atoms with Crippen molar-refractivity contribution in [2.75, 3.05) is 19.6 Å². The van der Waals surface area contributed by atoms with Crippen LogP contribution in [0.15, 0.2) is 0 Å². The van der Waals surface area contributed by atoms with E-state index in [-0.39, 0.29) is 0 Å². The lowest BCUT2D eigenvalue weighted by Crippen LogP contribution is -2.32. The molecule has 0 aromatic carbocycles. The molecular weight excluding hydrogens is 124 g/mol. The number of hydrogen-bond donors (Lipinski definition) is 1. The van der Waals surface area contributed by atoms with Gasteiger partial charge in [0.2, 0.25) is 0 Å². The van der Waals surface area contributed by atoms with Gasteiger partial charge in [0, 0.05) is 19.1 Å². The van der Waals surface area contributed by atoms with Crippen molar-refractivity contribution in [1.82, 2.24) is 4.90 Å². The Labute approximate surface area is 63.4 Å². The molecule has 0 amide bonds. The number of hydrogen-bond acceptors (Lipinski definition) is 2. The molecule has 0 radical (unpaired) electrons. The molecule has 0 bridgehead atoms. The summed E-state index contributed by atoms with van der Waals surface area (Å²) in [5, 5.41) is 0. The van der Waals surface area contributed by atoms with Crippen molar-refractivity contribution in [2.24, 2.45) is 5.73 Å². The van der Waals surface area contributed by atoms with Gasteiger partial charge in [0.15, 0.2) is 0 Å². The van der Waals surface area contributed by atoms with Crippen LogP contribution >= 0.6 is 0 Å². The molecule has 0 aromatic rings. The second-order valence-electron chi connectivity index (χ2n) is 3.06. The summed E-state index contributed by atoms with van der Waals surface area (Å²) in [4.78, 5) is 2.51. The maximum absolute atomic E-state index is 5.48. The first-order chi connectivity index (χ1) is 4.88. The first-order valence-corrected chi connectivity index (χ1v) is 4.32. The van der Waals surface area contributed by atoms with Crippen molar-refractivity contribution in [2.45, 2.75) is 32.2 Å². The fourth-order valence-corrected chi connectivity index (χ4v) is 1.37. The minimum absolute atomic E-state index is 0.816. The number of nitrogens with zero attached hydrogens (tertiary/aromatic N) is 1. The van der Waals surface area contributed by atoms with Crippen LogP contribution in [0.25, 0.3) is 0 Å². The summed E-state index contributed by atoms with van der Waals surface area (Å²) in [6.07, 6.45) is 4.07. The average molecular weight is 142 g/mol. The maximum atomic E-state index is 5.48. The van der Waals surface area contributed by atoms with Crippen molar-refractivity contribution in [3.63, 3.8) is 0 Å². The van der Waals surface area contributed by atoms with Gasteiger partial charge in [-0.25, -0.2) is 0 Å². The molecule has 1 saturated carbocycles. The summed E-state index contributed by atoms with van der Waals surface area (Å²) >= 11 is 0. The van der Waals surface area contributed by atoms with E-state index in [1.54, 1.807) is 0 Å². The van der Waals surface area contributed by atoms with Crippen molar-refractivity contribution in [1.29, 1.82) is 0 Å². The highest BCUT2D eigenvalue weighted by Crippen LogP contribution is 2.26. The zero-order chi connectivity index (χ0) is 7.40. The van der Waals surface area contributed by atoms with Gasteiger partial charge in [0.05, 0.1) is 0 Å². The molecule has 0 spiro atoms. The predicted molar refractivity (Wildman–Crippen MR) is 43.9 cm³/mol. The number of rotatable bonds is 5. The van der Waals surface area contributed by atoms with E-state index < -0.39 is 0 Å². The van der Waals surface area contributed by atoms with Crippen molar-refractivity contribution < 1.29 is 0 Å². The Morgan fingerprint density at radius 2 is 2.10 bits per heavy atom. The first kappa shape index (κ1) is 8.02. The van der Waals surface area contributed by atoms with Crippen LogP contribution in [0.2, 0.25) is 0 Å². The van der Waals surface area contributed by atoms with Crippen LogP contribution in [-0.2, 0) is 0 Å². The quantitative estimate of drug-likeness (QED) is 0.616. The molecule has 2 heteroatoms. The summed E-state index contributed by atoms with van der Waals surface area (Å²) in [6, 6.07) is 0.892. The van der Waals surface area contributed by atoms with Crippen molar-refractivity contribution in [3.05, 3.63) is 0 Å². The fraction of sp³-hybridized carbons (Fsp3) is 1.00. The third-order valence-corrected chi connectivity index (χ3v) is 1.99. The van der Waals surface area contributed by atoms with E-state index in [1.165, 1.54) is 25.8 Å². The minimum Gasteiger partial charge on any atom is -0.329 e. The smallest absolute Gasteiger partial charge is 0.0108 e. The molecule has 2 N–H and O–H groups in total. The van der Waals surface area contributed by atoms with Gasteiger partial charge in [-0.1, -0.05) is 6.92 Å². The van der Waals surface area contributed by atoms with E-state index >= 15 is 0 Å². The summed E-state index contributed by atoms with van der Waals surface area (Å²) < 4.78 is 0. The largest absolute Gasteiger partial charge is 0.329 e. The van der Waals surface area contributed by atoms with Crippen LogP contribution in [0.3, 0.4) is 0 Å². The Hall–Kier alpha value is -0.0800. The molecule has 0 heterocycles. The van der Waals surface area contributed by atoms with Crippen LogP contribution < -0.4 is 5.73 Å². The topological polar surface area (TPSA) is 29.3 Å². The van der Waals surface area contributed by atoms with Crippen LogP contribution in [0.5, 0.6) is 0 Å². The van der Waals surface area contributed by atoms with E-state index in [0.29, 0.717) is 0 Å². The summed E-state index contributed by atoms with van der Waals surface area (Å²) in [5.74, 6) is 0. The SMILES string of the molecule is CCCN(CCN)C1CC1. The molecule has 1 rings (SSSR count). The third kappa shape index (κ3) is 2.27. The molecule has 0 aliphatic heterocycles. The Morgan fingerprint density at radius 1 is 1.40 bits per heavy atom. The molecule has 0 atom stereocenters. The van der Waals surface area contributed by atoms with E-state index in [1.807, 2.05) is 0 Å². The van der Waals surface area contributed by atoms with E-state index in [2.05, 4.69) is 11.8 Å². The Balaban J connectivity index is 2.13. The molecule has 1 aliphatic rings. The van der Waals surface area contributed by atoms with Gasteiger partial charge in [0.25, 0.3) is 0 Å². The lowest BCUT2D eigenvalue weighted by Gasteiger charge is -2.19. The first-order valence-electron chi connectivity index (χ1n) is 4.32. The van der Waals surface area contributed by atoms with Crippen molar-refractivity contribution >= 4 is 0 Å². The van der Waals surface area contributed by atoms with Gasteiger partial charge >= 0.3 is 0 Å². The maximum Gasteiger partial charge on any atom is 0.0108 e. The van der Waals surface area contributed by atoms with Crippen molar-refractivity contribution in [3.8, 4) is 0 Å². The van der Waals surface area contributed by atoms with Gasteiger partial charge in [0.1, 0.15) is 0 Å². The normalized spacial score (nSPS) is 18.3. The highest BCUT2D eigenvalue weighted by atomic mass is 15.2. The Bertz CT molecular complexity index is 83.3. The molecule has 2 nitrogen and oxygen atoms in total. The highest BCUT2D eigenvalue weighted by Gasteiger charge is 2.27. The molecule has 10 heavy (non-hydrogen) atoms. The molecule has 0 saturated heterocycles. The monoisotopic (exact) mass is 142 g/mol. The van der Waals surface area contributed by atoms with Gasteiger partial charge in [-0.15, -0.1) is 0 Å². The van der Waals surface area contributed by atoms with Gasteiger partial charge < -0.3 is 5.73 Å². The Kier molecular flexibility index (Phi) is 3.16. The molecule has 0 aromatic heterocycles. The van der Waals surface area contributed by atoms with E-state index in [4.69, 9.17) is 5.73 Å². The zero-order valence-corrected chi connectivity index (χ0v) is 6.84. The summed E-state index contributed by atoms with van der Waals surface area (Å²) in [5.41, 5.74) is 5.48. The van der Waals surface area contributed by atoms with E-state index in [9.17, 15) is 0 Å². The predicted octanol–water partition coefficient (Wildman–Crippen LogP) is 0.820. The van der Waals surface area contributed by atoms with Crippen LogP contribution in [0.4, 0.5) is 0 Å². The zero-order valence-electron chi connectivity index (χ0n) is 6.84. The Morgan fingerprint density at radius 3 is 2.50 bits per heavy atom. The lowest BCUT2D eigenvalue weighted by atomic mass is 10.4. The standard InChI is InChI=1S/C8H18N2/c1-2-6-10(7-5-9)8-3-4-8/h8H,2-7,9H2,1H3. The highest BCUT2D eigenvalue weighted by molar-refractivity contribution is 4.84. The van der Waals surface area contributed by atoms with Gasteiger partial charge in [-0.3, -0.25) is 4.90 Å². The second kappa shape index (κ2) is 3.94. The second-order valence-corrected chi connectivity index (χ2v) is 3.06. The molecule has 0 unspecified atom stereocenters. The van der Waals surface area contributed by atoms with Crippen LogP contribution in [0, 0.1) is 0 Å². The summed E-state index contributed by atoms with van der Waals surface area (Å²) in [7, 11) is 0. The molecular formula is C8H18N2. The molecule has 60 valence electrons. The van der Waals surface area contributed by atoms with Crippen LogP contribution in [0.1, 0.15) is 26.2 Å². The minimum atomic E-state index is 0.816. The summed E-state index contributed by atoms with van der Waals surface area (Å²) in [6.45, 7) is 5.38. The fourth-order valence-electron chi connectivity index (χ4n) is 1.37. The third-order valence-electron chi connectivity index (χ3n) is 1.99. The molecule has 1 fully saturated rings. The number of nitrogens with two attached hydrogens (primary N) is 1. The van der Waals surface area contributed by atoms with Gasteiger partial charge in [-0.05, 0) is 25.8 Å². The van der Waals surface area contributed by atoms with Gasteiger partial charge in [-0.2, -0.15) is 0 Å². The lowest BCUT2D eigenvalue weighted by molar-refractivity contribution is 0.271. The van der Waals surface area contributed by atoms with E-state index in [0.717, 1.165) is 19.1 Å². The molecule has 1 aliphatic carbocycles. The average Bonchev–Trinajstić information content (AvgIpc) is 2.69. The van der Waals surface area contributed by atoms with Crippen LogP contribution in [-0.4, -0.2) is 30.6 Å².